The van der Waals surface area contributed by atoms with Gasteiger partial charge in [-0.25, -0.2) is 0 Å². The molecule has 0 aromatic heterocycles. The van der Waals surface area contributed by atoms with Crippen LogP contribution >= 0.6 is 0 Å². The summed E-state index contributed by atoms with van der Waals surface area (Å²) in [5.74, 6) is 0.820. The summed E-state index contributed by atoms with van der Waals surface area (Å²) in [5, 5.41) is 6.98. The van der Waals surface area contributed by atoms with E-state index in [9.17, 15) is 4.79 Å². The number of hydrogen-bond acceptors (Lipinski definition) is 3. The number of amides is 1. The van der Waals surface area contributed by atoms with Crippen LogP contribution in [-0.4, -0.2) is 64.2 Å². The number of aliphatic imine (C=N–C) groups is 1. The topological polar surface area (TPSA) is 66.0 Å². The fourth-order valence-electron chi connectivity index (χ4n) is 4.39. The van der Waals surface area contributed by atoms with E-state index >= 15 is 0 Å². The Hall–Kier alpha value is -2.86. The zero-order valence-corrected chi connectivity index (χ0v) is 19.8. The first kappa shape index (κ1) is 23.8. The van der Waals surface area contributed by atoms with E-state index in [0.29, 0.717) is 0 Å². The number of hydrogen-bond donors (Lipinski definition) is 2. The summed E-state index contributed by atoms with van der Waals surface area (Å²) in [7, 11) is 5.35. The molecule has 1 fully saturated rings. The number of carbonyl (C=O) groups is 1. The lowest BCUT2D eigenvalue weighted by Crippen LogP contribution is -2.48. The monoisotopic (exact) mass is 436 g/mol. The van der Waals surface area contributed by atoms with E-state index in [4.69, 9.17) is 4.74 Å². The van der Waals surface area contributed by atoms with Crippen LogP contribution in [0.4, 0.5) is 0 Å². The Labute approximate surface area is 192 Å². The standard InChI is InChI=1S/C26H36N4O2/c1-20-8-5-6-11-23(20)26(13-16-32-17-14-26)19-29-25(27-2)28-15-12-21-9-7-10-22(18-21)24(31)30(3)4/h5-11,18H,12-17,19H2,1-4H3,(H2,27,28,29). The summed E-state index contributed by atoms with van der Waals surface area (Å²) >= 11 is 0. The van der Waals surface area contributed by atoms with Crippen molar-refractivity contribution in [3.05, 3.63) is 70.8 Å². The number of aryl methyl sites for hydroxylation is 1. The molecule has 0 atom stereocenters. The van der Waals surface area contributed by atoms with Gasteiger partial charge in [0.25, 0.3) is 5.91 Å². The van der Waals surface area contributed by atoms with Crippen LogP contribution < -0.4 is 10.6 Å². The van der Waals surface area contributed by atoms with Crippen LogP contribution in [0, 0.1) is 6.92 Å². The number of guanidine groups is 1. The molecule has 0 aliphatic carbocycles. The molecule has 0 bridgehead atoms. The number of benzene rings is 2. The van der Waals surface area contributed by atoms with Gasteiger partial charge in [0.1, 0.15) is 0 Å². The maximum absolute atomic E-state index is 12.2. The molecule has 6 heteroatoms. The smallest absolute Gasteiger partial charge is 0.253 e. The first-order chi connectivity index (χ1) is 15.4. The highest BCUT2D eigenvalue weighted by Gasteiger charge is 2.35. The average molecular weight is 437 g/mol. The minimum absolute atomic E-state index is 0.0234. The zero-order chi connectivity index (χ0) is 23.0. The number of rotatable bonds is 7. The molecule has 6 nitrogen and oxygen atoms in total. The molecule has 1 aliphatic heterocycles. The minimum atomic E-state index is 0.0234. The number of nitrogens with one attached hydrogen (secondary N) is 2. The van der Waals surface area contributed by atoms with Gasteiger partial charge < -0.3 is 20.3 Å². The van der Waals surface area contributed by atoms with Crippen molar-refractivity contribution in [3.8, 4) is 0 Å². The molecule has 1 amide bonds. The third-order valence-corrected chi connectivity index (χ3v) is 6.27. The average Bonchev–Trinajstić information content (AvgIpc) is 2.81. The van der Waals surface area contributed by atoms with Gasteiger partial charge >= 0.3 is 0 Å². The number of ether oxygens (including phenoxy) is 1. The van der Waals surface area contributed by atoms with Gasteiger partial charge in [-0.2, -0.15) is 0 Å². The third kappa shape index (κ3) is 5.88. The van der Waals surface area contributed by atoms with Crippen LogP contribution in [0.25, 0.3) is 0 Å². The maximum atomic E-state index is 12.2. The zero-order valence-electron chi connectivity index (χ0n) is 19.8. The Morgan fingerprint density at radius 1 is 1.09 bits per heavy atom. The number of carbonyl (C=O) groups excluding carboxylic acids is 1. The maximum Gasteiger partial charge on any atom is 0.253 e. The highest BCUT2D eigenvalue weighted by atomic mass is 16.5. The van der Waals surface area contributed by atoms with Crippen LogP contribution in [-0.2, 0) is 16.6 Å². The van der Waals surface area contributed by atoms with E-state index in [2.05, 4.69) is 52.9 Å². The Bertz CT molecular complexity index is 933. The molecule has 0 saturated carbocycles. The summed E-state index contributed by atoms with van der Waals surface area (Å²) in [6, 6.07) is 16.5. The Kier molecular flexibility index (Phi) is 8.28. The predicted molar refractivity (Wildman–Crippen MR) is 130 cm³/mol. The van der Waals surface area contributed by atoms with Crippen molar-refractivity contribution in [2.75, 3.05) is 47.4 Å². The quantitative estimate of drug-likeness (QED) is 0.517. The molecule has 0 unspecified atom stereocenters. The van der Waals surface area contributed by atoms with Crippen LogP contribution in [0.5, 0.6) is 0 Å². The van der Waals surface area contributed by atoms with Crippen LogP contribution in [0.15, 0.2) is 53.5 Å². The summed E-state index contributed by atoms with van der Waals surface area (Å²) in [6.07, 6.45) is 2.80. The Morgan fingerprint density at radius 3 is 2.53 bits per heavy atom. The van der Waals surface area contributed by atoms with Gasteiger partial charge in [0.15, 0.2) is 5.96 Å². The first-order valence-electron chi connectivity index (χ1n) is 11.3. The first-order valence-corrected chi connectivity index (χ1v) is 11.3. The van der Waals surface area contributed by atoms with Gasteiger partial charge in [-0.05, 0) is 55.0 Å². The van der Waals surface area contributed by atoms with Crippen LogP contribution in [0.1, 0.15) is 39.9 Å². The number of nitrogens with zero attached hydrogens (tertiary/aromatic N) is 2. The van der Waals surface area contributed by atoms with Gasteiger partial charge in [0, 0.05) is 58.4 Å². The molecule has 172 valence electrons. The third-order valence-electron chi connectivity index (χ3n) is 6.27. The summed E-state index contributed by atoms with van der Waals surface area (Å²) in [4.78, 5) is 18.2. The molecule has 3 rings (SSSR count). The Morgan fingerprint density at radius 2 is 1.84 bits per heavy atom. The van der Waals surface area contributed by atoms with Crippen molar-refractivity contribution in [1.29, 1.82) is 0 Å². The van der Waals surface area contributed by atoms with Gasteiger partial charge in [0.05, 0.1) is 0 Å². The van der Waals surface area contributed by atoms with Gasteiger partial charge in [-0.15, -0.1) is 0 Å². The normalized spacial score (nSPS) is 15.8. The molecule has 2 aromatic rings. The lowest BCUT2D eigenvalue weighted by atomic mass is 9.72. The second-order valence-electron chi connectivity index (χ2n) is 8.71. The fourth-order valence-corrected chi connectivity index (χ4v) is 4.39. The van der Waals surface area contributed by atoms with Crippen molar-refractivity contribution in [1.82, 2.24) is 15.5 Å². The molecule has 1 aliphatic rings. The lowest BCUT2D eigenvalue weighted by Gasteiger charge is -2.39. The highest BCUT2D eigenvalue weighted by Crippen LogP contribution is 2.36. The van der Waals surface area contributed by atoms with Crippen LogP contribution in [0.2, 0.25) is 0 Å². The second-order valence-corrected chi connectivity index (χ2v) is 8.71. The Balaban J connectivity index is 1.59. The van der Waals surface area contributed by atoms with E-state index < -0.39 is 0 Å². The van der Waals surface area contributed by atoms with E-state index in [1.54, 1.807) is 26.0 Å². The highest BCUT2D eigenvalue weighted by molar-refractivity contribution is 5.94. The van der Waals surface area contributed by atoms with Crippen molar-refractivity contribution in [2.24, 2.45) is 4.99 Å². The molecular formula is C26H36N4O2. The van der Waals surface area contributed by atoms with Gasteiger partial charge in [-0.3, -0.25) is 9.79 Å². The summed E-state index contributed by atoms with van der Waals surface area (Å²) in [6.45, 7) is 5.30. The van der Waals surface area contributed by atoms with E-state index in [-0.39, 0.29) is 11.3 Å². The SMILES string of the molecule is CN=C(NCCc1cccc(C(=O)N(C)C)c1)NCC1(c2ccccc2C)CCOCC1. The molecule has 32 heavy (non-hydrogen) atoms. The van der Waals surface area contributed by atoms with Crippen molar-refractivity contribution in [2.45, 2.75) is 31.6 Å². The van der Waals surface area contributed by atoms with Crippen molar-refractivity contribution >= 4 is 11.9 Å². The molecule has 2 N–H and O–H groups in total. The van der Waals surface area contributed by atoms with Crippen molar-refractivity contribution < 1.29 is 9.53 Å². The summed E-state index contributed by atoms with van der Waals surface area (Å²) < 4.78 is 5.67. The van der Waals surface area contributed by atoms with E-state index in [0.717, 1.165) is 62.7 Å². The summed E-state index contributed by atoms with van der Waals surface area (Å²) in [5.41, 5.74) is 4.61. The largest absolute Gasteiger partial charge is 0.381 e. The van der Waals surface area contributed by atoms with E-state index in [1.807, 2.05) is 18.2 Å². The predicted octanol–water partition coefficient (Wildman–Crippen LogP) is 3.15. The van der Waals surface area contributed by atoms with Crippen molar-refractivity contribution in [3.63, 3.8) is 0 Å². The molecule has 1 heterocycles. The molecular weight excluding hydrogens is 400 g/mol. The van der Waals surface area contributed by atoms with Crippen LogP contribution in [0.3, 0.4) is 0 Å². The molecule has 1 saturated heterocycles. The van der Waals surface area contributed by atoms with Gasteiger partial charge in [0.2, 0.25) is 0 Å². The molecule has 2 aromatic carbocycles. The van der Waals surface area contributed by atoms with E-state index in [1.165, 1.54) is 11.1 Å². The minimum Gasteiger partial charge on any atom is -0.381 e. The lowest BCUT2D eigenvalue weighted by molar-refractivity contribution is 0.0512. The second kappa shape index (κ2) is 11.1. The molecule has 0 spiro atoms. The fraction of sp³-hybridized carbons (Fsp3) is 0.462. The van der Waals surface area contributed by atoms with Gasteiger partial charge in [-0.1, -0.05) is 36.4 Å². The molecule has 0 radical (unpaired) electrons.